The molecule has 2 atom stereocenters. The van der Waals surface area contributed by atoms with Gasteiger partial charge in [0.2, 0.25) is 0 Å². The van der Waals surface area contributed by atoms with E-state index in [0.29, 0.717) is 0 Å². The maximum absolute atomic E-state index is 2.49. The molecule has 1 saturated carbocycles. The molecule has 0 aromatic rings. The van der Waals surface area contributed by atoms with Crippen molar-refractivity contribution in [3.63, 3.8) is 0 Å². The number of rotatable bonds is 0. The lowest BCUT2D eigenvalue weighted by Crippen LogP contribution is -2.08. The van der Waals surface area contributed by atoms with Gasteiger partial charge in [-0.15, -0.1) is 0 Å². The van der Waals surface area contributed by atoms with Crippen LogP contribution in [-0.2, 0) is 0 Å². The van der Waals surface area contributed by atoms with E-state index in [-0.39, 0.29) is 0 Å². The van der Waals surface area contributed by atoms with Crippen LogP contribution in [0.5, 0.6) is 0 Å². The van der Waals surface area contributed by atoms with Crippen molar-refractivity contribution in [2.45, 2.75) is 25.7 Å². The Morgan fingerprint density at radius 1 is 1.10 bits per heavy atom. The molecule has 0 aromatic carbocycles. The van der Waals surface area contributed by atoms with Crippen LogP contribution in [0.1, 0.15) is 25.7 Å². The molecule has 0 saturated heterocycles. The summed E-state index contributed by atoms with van der Waals surface area (Å²) in [5, 5.41) is 0. The second-order valence-corrected chi connectivity index (χ2v) is 3.76. The molecule has 0 spiro atoms. The van der Waals surface area contributed by atoms with Gasteiger partial charge in [-0.2, -0.15) is 0 Å². The molecule has 1 fully saturated rings. The Morgan fingerprint density at radius 2 is 2.00 bits per heavy atom. The summed E-state index contributed by atoms with van der Waals surface area (Å²) in [7, 11) is 0. The van der Waals surface area contributed by atoms with E-state index < -0.39 is 0 Å². The fourth-order valence-electron chi connectivity index (χ4n) is 2.89. The Kier molecular flexibility index (Phi) is 0.803. The highest BCUT2D eigenvalue weighted by atomic mass is 14.4. The molecule has 0 heterocycles. The first-order chi connectivity index (χ1) is 4.95. The molecule has 10 heavy (non-hydrogen) atoms. The Balaban J connectivity index is 2.17. The second-order valence-electron chi connectivity index (χ2n) is 3.76. The minimum atomic E-state index is 0.976. The largest absolute Gasteiger partial charge is 0.0847 e. The van der Waals surface area contributed by atoms with E-state index in [2.05, 4.69) is 12.2 Å². The normalized spacial score (nSPS) is 41.6. The molecular weight excluding hydrogens is 120 g/mol. The predicted octanol–water partition coefficient (Wildman–Crippen LogP) is 2.67. The molecule has 3 aliphatic rings. The molecule has 52 valence electrons. The third-order valence-electron chi connectivity index (χ3n) is 3.36. The van der Waals surface area contributed by atoms with Crippen molar-refractivity contribution in [1.82, 2.24) is 0 Å². The average molecular weight is 132 g/mol. The smallest absolute Gasteiger partial charge is 0.00995 e. The maximum atomic E-state index is 2.49. The summed E-state index contributed by atoms with van der Waals surface area (Å²) < 4.78 is 0. The summed E-state index contributed by atoms with van der Waals surface area (Å²) in [5.74, 6) is 1.98. The van der Waals surface area contributed by atoms with Crippen molar-refractivity contribution in [2.75, 3.05) is 0 Å². The van der Waals surface area contributed by atoms with Gasteiger partial charge in [-0.05, 0) is 37.5 Å². The van der Waals surface area contributed by atoms with Crippen LogP contribution in [0.2, 0.25) is 0 Å². The van der Waals surface area contributed by atoms with Gasteiger partial charge < -0.3 is 0 Å². The minimum Gasteiger partial charge on any atom is -0.0847 e. The van der Waals surface area contributed by atoms with E-state index in [9.17, 15) is 0 Å². The second kappa shape index (κ2) is 1.55. The number of hydrogen-bond acceptors (Lipinski definition) is 0. The molecule has 0 amide bonds. The van der Waals surface area contributed by atoms with Gasteiger partial charge in [0.05, 0.1) is 0 Å². The highest BCUT2D eigenvalue weighted by molar-refractivity contribution is 5.37. The minimum absolute atomic E-state index is 0.976. The highest BCUT2D eigenvalue weighted by Gasteiger charge is 2.39. The quantitative estimate of drug-likeness (QED) is 0.444. The topological polar surface area (TPSA) is 0 Å². The van der Waals surface area contributed by atoms with E-state index in [4.69, 9.17) is 0 Å². The molecule has 0 heteroatoms. The van der Waals surface area contributed by atoms with Gasteiger partial charge in [0.15, 0.2) is 0 Å². The third-order valence-corrected chi connectivity index (χ3v) is 3.36. The SMILES string of the molecule is C1=C2CC3=CCC2C3CC1. The predicted molar refractivity (Wildman–Crippen MR) is 41.6 cm³/mol. The molecule has 0 radical (unpaired) electrons. The van der Waals surface area contributed by atoms with Crippen molar-refractivity contribution >= 4 is 0 Å². The Bertz CT molecular complexity index is 232. The van der Waals surface area contributed by atoms with Gasteiger partial charge in [0.25, 0.3) is 0 Å². The van der Waals surface area contributed by atoms with Gasteiger partial charge in [-0.1, -0.05) is 23.3 Å². The van der Waals surface area contributed by atoms with Gasteiger partial charge in [0.1, 0.15) is 0 Å². The van der Waals surface area contributed by atoms with E-state index in [0.717, 1.165) is 11.8 Å². The summed E-state index contributed by atoms with van der Waals surface area (Å²) in [5.41, 5.74) is 3.54. The van der Waals surface area contributed by atoms with E-state index in [1.165, 1.54) is 25.7 Å². The molecule has 4 bridgehead atoms. The lowest BCUT2D eigenvalue weighted by Gasteiger charge is -2.19. The summed E-state index contributed by atoms with van der Waals surface area (Å²) in [6, 6.07) is 0. The van der Waals surface area contributed by atoms with E-state index in [1.807, 2.05) is 0 Å². The van der Waals surface area contributed by atoms with Crippen LogP contribution in [0, 0.1) is 11.8 Å². The van der Waals surface area contributed by atoms with Crippen molar-refractivity contribution in [3.8, 4) is 0 Å². The summed E-state index contributed by atoms with van der Waals surface area (Å²) in [6.45, 7) is 0. The molecule has 2 unspecified atom stereocenters. The zero-order chi connectivity index (χ0) is 6.55. The first kappa shape index (κ1) is 5.17. The van der Waals surface area contributed by atoms with Gasteiger partial charge >= 0.3 is 0 Å². The van der Waals surface area contributed by atoms with Gasteiger partial charge in [-0.3, -0.25) is 0 Å². The zero-order valence-corrected chi connectivity index (χ0v) is 6.14. The summed E-state index contributed by atoms with van der Waals surface area (Å²) in [4.78, 5) is 0. The number of allylic oxidation sites excluding steroid dienone is 4. The zero-order valence-electron chi connectivity index (χ0n) is 6.14. The van der Waals surface area contributed by atoms with Crippen LogP contribution < -0.4 is 0 Å². The van der Waals surface area contributed by atoms with Crippen LogP contribution in [0.3, 0.4) is 0 Å². The molecular formula is C10H12. The number of hydrogen-bond donors (Lipinski definition) is 0. The monoisotopic (exact) mass is 132 g/mol. The van der Waals surface area contributed by atoms with E-state index in [1.54, 1.807) is 11.1 Å². The summed E-state index contributed by atoms with van der Waals surface area (Å²) >= 11 is 0. The lowest BCUT2D eigenvalue weighted by molar-refractivity contribution is 0.458. The lowest BCUT2D eigenvalue weighted by atomic mass is 9.86. The van der Waals surface area contributed by atoms with Crippen LogP contribution >= 0.6 is 0 Å². The maximum Gasteiger partial charge on any atom is -0.00995 e. The molecule has 0 aliphatic heterocycles. The van der Waals surface area contributed by atoms with Crippen LogP contribution in [0.25, 0.3) is 0 Å². The Hall–Kier alpha value is -0.520. The first-order valence-corrected chi connectivity index (χ1v) is 4.33. The molecule has 0 N–H and O–H groups in total. The Morgan fingerprint density at radius 3 is 2.80 bits per heavy atom. The fourth-order valence-corrected chi connectivity index (χ4v) is 2.89. The standard InChI is InChI=1S/C10H12/c1-2-7-6-8-4-5-10(7)9(8)3-1/h2,4,9-10H,1,3,5-6H2. The molecule has 0 nitrogen and oxygen atoms in total. The van der Waals surface area contributed by atoms with Gasteiger partial charge in [-0.25, -0.2) is 0 Å². The van der Waals surface area contributed by atoms with E-state index >= 15 is 0 Å². The van der Waals surface area contributed by atoms with Crippen molar-refractivity contribution < 1.29 is 0 Å². The van der Waals surface area contributed by atoms with Gasteiger partial charge in [0, 0.05) is 0 Å². The van der Waals surface area contributed by atoms with Crippen LogP contribution in [0.15, 0.2) is 23.3 Å². The van der Waals surface area contributed by atoms with Crippen LogP contribution in [-0.4, -0.2) is 0 Å². The average Bonchev–Trinajstić information content (AvgIpc) is 2.44. The van der Waals surface area contributed by atoms with Crippen molar-refractivity contribution in [1.29, 1.82) is 0 Å². The molecule has 3 aliphatic carbocycles. The molecule has 3 rings (SSSR count). The van der Waals surface area contributed by atoms with Crippen molar-refractivity contribution in [3.05, 3.63) is 23.3 Å². The fraction of sp³-hybridized carbons (Fsp3) is 0.600. The van der Waals surface area contributed by atoms with Crippen molar-refractivity contribution in [2.24, 2.45) is 11.8 Å². The highest BCUT2D eigenvalue weighted by Crippen LogP contribution is 2.52. The first-order valence-electron chi connectivity index (χ1n) is 4.33. The molecule has 0 aromatic heterocycles. The third kappa shape index (κ3) is 0.448. The summed E-state index contributed by atoms with van der Waals surface area (Å²) in [6.07, 6.45) is 10.5. The van der Waals surface area contributed by atoms with Crippen LogP contribution in [0.4, 0.5) is 0 Å². The Labute approximate surface area is 61.6 Å².